The third-order valence-corrected chi connectivity index (χ3v) is 21.9. The summed E-state index contributed by atoms with van der Waals surface area (Å²) in [6.45, 7) is 11.3. The van der Waals surface area contributed by atoms with Crippen LogP contribution in [0.1, 0.15) is 113 Å². The summed E-state index contributed by atoms with van der Waals surface area (Å²) in [5.41, 5.74) is 6.90. The molecule has 6 saturated heterocycles. The Kier molecular flexibility index (Phi) is 29.2. The Morgan fingerprint density at radius 1 is 0.321 bits per heavy atom. The molecule has 8 aliphatic rings. The first-order valence-electron chi connectivity index (χ1n) is 38.3. The van der Waals surface area contributed by atoms with Crippen molar-refractivity contribution in [2.45, 2.75) is 302 Å². The highest BCUT2D eigenvalue weighted by Gasteiger charge is 2.58. The summed E-state index contributed by atoms with van der Waals surface area (Å²) in [5, 5.41) is 212. The number of rotatable bonds is 26. The van der Waals surface area contributed by atoms with Crippen LogP contribution in [0, 0.1) is 13.8 Å². The van der Waals surface area contributed by atoms with Crippen LogP contribution in [0.3, 0.4) is 0 Å². The van der Waals surface area contributed by atoms with Crippen LogP contribution in [-0.4, -0.2) is 326 Å². The normalized spacial score (nSPS) is 38.0. The second-order valence-electron chi connectivity index (χ2n) is 31.0. The lowest BCUT2D eigenvalue weighted by Gasteiger charge is -2.49. The average Bonchev–Trinajstić information content (AvgIpc) is 0.741. The van der Waals surface area contributed by atoms with Crippen LogP contribution in [0.15, 0.2) is 60.7 Å². The van der Waals surface area contributed by atoms with E-state index in [2.05, 4.69) is 13.8 Å². The van der Waals surface area contributed by atoms with Crippen LogP contribution in [-0.2, 0) is 71.4 Å². The van der Waals surface area contributed by atoms with Gasteiger partial charge in [-0.1, -0.05) is 87.1 Å². The molecule has 0 spiro atoms. The molecule has 4 aromatic rings. The SMILES string of the molecule is CCCCCc1cc(O[C@@H]2O[C@H](CO)[C@@H](O)[C@H](O[C@@H]3O[C@H](CO)[C@@H](O)[C@H](O)[C@H]3O)[C@H]2O[C@@H]2O[C@H](CO)[C@@H](O)[C@H](O)[C@H]2O)c2c(c1)OC(C)(C)c1ccc(C)cc1-2.CCCCCc1cc(O[C@@H]2O[C@H](CO)[C@@H](O)[C@H](O[C@@H]3O[C@H](CO)[C@@H](O)[C@H](O[C@@H]4O[C@H](CO)[C@@H](O)[C@H](O)[C@H]4O)[C@H]3O)[C@H]2O)c2c(c1)OC(C)(C)c1ccc(C)cc1-2. The van der Waals surface area contributed by atoms with Crippen molar-refractivity contribution >= 4 is 0 Å². The quantitative estimate of drug-likeness (QED) is 0.0294. The minimum atomic E-state index is -1.96. The van der Waals surface area contributed by atoms with E-state index in [0.29, 0.717) is 41.2 Å². The molecule has 0 aliphatic carbocycles. The van der Waals surface area contributed by atoms with Gasteiger partial charge < -0.3 is 168 Å². The van der Waals surface area contributed by atoms with Gasteiger partial charge in [-0.15, -0.1) is 0 Å². The maximum Gasteiger partial charge on any atom is 0.229 e. The summed E-state index contributed by atoms with van der Waals surface area (Å²) in [6, 6.07) is 19.5. The largest absolute Gasteiger partial charge is 0.482 e. The van der Waals surface area contributed by atoms with Crippen molar-refractivity contribution in [1.82, 2.24) is 0 Å². The summed E-state index contributed by atoms with van der Waals surface area (Å²) in [6.07, 6.45) is -44.2. The van der Waals surface area contributed by atoms with E-state index < -0.39 is 235 Å². The summed E-state index contributed by atoms with van der Waals surface area (Å²) in [4.78, 5) is 0. The summed E-state index contributed by atoms with van der Waals surface area (Å²) >= 11 is 0. The fraction of sp³-hybridized carbons (Fsp3) is 0.692. The van der Waals surface area contributed by atoms with E-state index in [9.17, 15) is 102 Å². The molecule has 6 fully saturated rings. The molecule has 0 amide bonds. The Morgan fingerprint density at radius 3 is 0.991 bits per heavy atom. The molecular formula is C78H112O34. The molecule has 112 heavy (non-hydrogen) atoms. The Labute approximate surface area is 647 Å². The van der Waals surface area contributed by atoms with Crippen molar-refractivity contribution in [2.75, 3.05) is 39.6 Å². The Morgan fingerprint density at radius 2 is 0.625 bits per heavy atom. The van der Waals surface area contributed by atoms with Gasteiger partial charge in [-0.05, 0) is 114 Å². The van der Waals surface area contributed by atoms with Gasteiger partial charge in [-0.25, -0.2) is 0 Å². The maximum absolute atomic E-state index is 11.8. The van der Waals surface area contributed by atoms with Gasteiger partial charge in [-0.3, -0.25) is 0 Å². The molecule has 0 bridgehead atoms. The molecular weight excluding hydrogens is 1480 g/mol. The zero-order valence-corrected chi connectivity index (χ0v) is 63.7. The number of aliphatic hydroxyl groups excluding tert-OH is 20. The lowest BCUT2D eigenvalue weighted by Crippen LogP contribution is -2.67. The number of hydrogen-bond acceptors (Lipinski definition) is 34. The van der Waals surface area contributed by atoms with Gasteiger partial charge in [0, 0.05) is 11.1 Å². The fourth-order valence-electron chi connectivity index (χ4n) is 15.5. The van der Waals surface area contributed by atoms with Crippen LogP contribution < -0.4 is 18.9 Å². The van der Waals surface area contributed by atoms with Crippen LogP contribution in [0.2, 0.25) is 0 Å². The molecule has 628 valence electrons. The molecule has 8 heterocycles. The monoisotopic (exact) mass is 1590 g/mol. The summed E-state index contributed by atoms with van der Waals surface area (Å²) in [7, 11) is 0. The number of benzene rings is 4. The molecule has 8 aliphatic heterocycles. The van der Waals surface area contributed by atoms with Crippen molar-refractivity contribution in [2.24, 2.45) is 0 Å². The van der Waals surface area contributed by atoms with Gasteiger partial charge in [0.15, 0.2) is 31.3 Å². The van der Waals surface area contributed by atoms with Gasteiger partial charge in [0.05, 0.1) is 50.8 Å². The van der Waals surface area contributed by atoms with Crippen LogP contribution in [0.25, 0.3) is 22.3 Å². The van der Waals surface area contributed by atoms with Gasteiger partial charge in [0.2, 0.25) is 12.6 Å². The van der Waals surface area contributed by atoms with Crippen LogP contribution in [0.4, 0.5) is 0 Å². The van der Waals surface area contributed by atoms with Gasteiger partial charge in [-0.2, -0.15) is 0 Å². The van der Waals surface area contributed by atoms with E-state index in [0.717, 1.165) is 83.0 Å². The third kappa shape index (κ3) is 18.3. The number of aryl methyl sites for hydroxylation is 4. The highest BCUT2D eigenvalue weighted by Crippen LogP contribution is 2.53. The molecule has 0 aromatic heterocycles. The minimum absolute atomic E-state index is 0.253. The topological polar surface area (TPSA) is 534 Å². The first kappa shape index (κ1) is 87.7. The second-order valence-corrected chi connectivity index (χ2v) is 31.0. The number of ether oxygens (including phenoxy) is 14. The Balaban J connectivity index is 0.000000221. The second kappa shape index (κ2) is 37.2. The van der Waals surface area contributed by atoms with Crippen LogP contribution >= 0.6 is 0 Å². The molecule has 34 heteroatoms. The first-order chi connectivity index (χ1) is 53.3. The first-order valence-corrected chi connectivity index (χ1v) is 38.3. The van der Waals surface area contributed by atoms with E-state index in [1.54, 1.807) is 0 Å². The minimum Gasteiger partial charge on any atom is -0.482 e. The van der Waals surface area contributed by atoms with E-state index in [4.69, 9.17) is 66.3 Å². The van der Waals surface area contributed by atoms with Crippen LogP contribution in [0.5, 0.6) is 23.0 Å². The molecule has 30 atom stereocenters. The van der Waals surface area contributed by atoms with E-state index in [1.165, 1.54) is 0 Å². The summed E-state index contributed by atoms with van der Waals surface area (Å²) < 4.78 is 84.6. The predicted octanol–water partition coefficient (Wildman–Crippen LogP) is -2.30. The highest BCUT2D eigenvalue weighted by molar-refractivity contribution is 5.84. The molecule has 4 aromatic carbocycles. The smallest absolute Gasteiger partial charge is 0.229 e. The predicted molar refractivity (Wildman–Crippen MR) is 386 cm³/mol. The lowest BCUT2D eigenvalue weighted by atomic mass is 9.84. The van der Waals surface area contributed by atoms with Crippen molar-refractivity contribution in [3.8, 4) is 45.3 Å². The summed E-state index contributed by atoms with van der Waals surface area (Å²) in [5.74, 6) is 1.64. The molecule has 0 unspecified atom stereocenters. The Bertz CT molecular complexity index is 3710. The number of aliphatic hydroxyl groups is 20. The van der Waals surface area contributed by atoms with E-state index in [1.807, 2.05) is 102 Å². The van der Waals surface area contributed by atoms with E-state index >= 15 is 0 Å². The van der Waals surface area contributed by atoms with Gasteiger partial charge >= 0.3 is 0 Å². The number of unbranched alkanes of at least 4 members (excludes halogenated alkanes) is 4. The van der Waals surface area contributed by atoms with Crippen molar-refractivity contribution < 1.29 is 168 Å². The highest BCUT2D eigenvalue weighted by atomic mass is 16.8. The number of fused-ring (bicyclic) bond motifs is 6. The zero-order valence-electron chi connectivity index (χ0n) is 63.7. The molecule has 34 nitrogen and oxygen atoms in total. The molecule has 0 saturated carbocycles. The lowest BCUT2D eigenvalue weighted by molar-refractivity contribution is -0.384. The van der Waals surface area contributed by atoms with Crippen molar-refractivity contribution in [1.29, 1.82) is 0 Å². The zero-order chi connectivity index (χ0) is 81.3. The van der Waals surface area contributed by atoms with Gasteiger partial charge in [0.1, 0.15) is 175 Å². The fourth-order valence-corrected chi connectivity index (χ4v) is 15.5. The third-order valence-electron chi connectivity index (χ3n) is 21.9. The van der Waals surface area contributed by atoms with Crippen molar-refractivity contribution in [3.05, 3.63) is 94.0 Å². The molecule has 0 radical (unpaired) electrons. The van der Waals surface area contributed by atoms with Crippen molar-refractivity contribution in [3.63, 3.8) is 0 Å². The maximum atomic E-state index is 11.8. The Hall–Kier alpha value is -5.12. The standard InChI is InChI=1S/2C39H56O17/c1-5-6-7-8-18-12-21(26-19-11-17(2)9-10-20(19)39(3,4)56-22(26)13-18)50-37-32(48)34(28(44)24(15-41)52-37)55-38-33(49)35(29(45)25(16-42)53-38)54-36-31(47)30(46)27(43)23(14-40)51-36;1-5-6-7-8-18-12-21(26-19-11-17(2)9-10-20(19)39(3,4)56-22(26)13-18)50-38-35(55-37-33(49)31(47)28(44)24(15-41)52-37)34(29(45)25(16-42)53-38)54-36-32(48)30(46)27(43)23(14-40)51-36/h2*9-13,23-25,27-38,40-49H,5-8,14-16H2,1-4H3/t23-,24-,25-,27-,28-,29-,30+,31-,32-,33-,34+,35+,36+,37-,38+;23-,24-,25-,27-,28-,29-,30+,31+,32-,33-,34+,35-,36+,37+,38-/m11/s1. The molecule has 12 rings (SSSR count). The van der Waals surface area contributed by atoms with E-state index in [-0.39, 0.29) is 5.75 Å². The van der Waals surface area contributed by atoms with Gasteiger partial charge in [0.25, 0.3) is 0 Å². The average molecular weight is 1590 g/mol. The molecule has 20 N–H and O–H groups in total. The number of hydrogen-bond donors (Lipinski definition) is 20.